The highest BCUT2D eigenvalue weighted by Crippen LogP contribution is 2.10. The maximum atomic E-state index is 10.5. The van der Waals surface area contributed by atoms with Gasteiger partial charge >= 0.3 is 11.9 Å². The molecule has 0 bridgehead atoms. The number of carboxylic acid groups (broad SMARTS) is 2. The van der Waals surface area contributed by atoms with Gasteiger partial charge in [-0.1, -0.05) is 24.3 Å². The van der Waals surface area contributed by atoms with Crippen LogP contribution in [0.3, 0.4) is 0 Å². The molecular formula is C12H16O6. The van der Waals surface area contributed by atoms with Crippen LogP contribution in [0.5, 0.6) is 0 Å². The minimum atomic E-state index is -0.956. The molecule has 6 nitrogen and oxygen atoms in total. The van der Waals surface area contributed by atoms with Crippen molar-refractivity contribution in [2.45, 2.75) is 12.8 Å². The first-order valence-electron chi connectivity index (χ1n) is 5.23. The van der Waals surface area contributed by atoms with Gasteiger partial charge in [0.1, 0.15) is 0 Å². The Labute approximate surface area is 104 Å². The molecule has 0 radical (unpaired) electrons. The molecule has 0 fully saturated rings. The first-order chi connectivity index (χ1) is 8.51. The van der Waals surface area contributed by atoms with E-state index in [1.807, 2.05) is 0 Å². The largest absolute Gasteiger partial charge is 0.481 e. The second-order valence-electron chi connectivity index (χ2n) is 3.36. The predicted molar refractivity (Wildman–Crippen MR) is 63.3 cm³/mol. The van der Waals surface area contributed by atoms with E-state index in [1.165, 1.54) is 0 Å². The van der Waals surface area contributed by atoms with Crippen LogP contribution >= 0.6 is 0 Å². The zero-order valence-electron chi connectivity index (χ0n) is 9.74. The summed E-state index contributed by atoms with van der Waals surface area (Å²) < 4.78 is 0. The molecule has 0 aliphatic carbocycles. The number of benzene rings is 1. The van der Waals surface area contributed by atoms with Crippen LogP contribution in [0.15, 0.2) is 24.3 Å². The Balaban J connectivity index is 0.000000631. The van der Waals surface area contributed by atoms with Gasteiger partial charge in [-0.2, -0.15) is 0 Å². The Kier molecular flexibility index (Phi) is 8.17. The van der Waals surface area contributed by atoms with Crippen molar-refractivity contribution < 1.29 is 30.0 Å². The van der Waals surface area contributed by atoms with Gasteiger partial charge in [0.05, 0.1) is 26.1 Å². The lowest BCUT2D eigenvalue weighted by Crippen LogP contribution is -2.07. The minimum Gasteiger partial charge on any atom is -0.481 e. The van der Waals surface area contributed by atoms with Crippen LogP contribution in [-0.4, -0.2) is 45.6 Å². The van der Waals surface area contributed by atoms with Crippen LogP contribution in [0.25, 0.3) is 0 Å². The van der Waals surface area contributed by atoms with E-state index in [9.17, 15) is 9.59 Å². The Morgan fingerprint density at radius 3 is 1.39 bits per heavy atom. The summed E-state index contributed by atoms with van der Waals surface area (Å²) in [6.07, 6.45) is -0.271. The van der Waals surface area contributed by atoms with Gasteiger partial charge in [0.15, 0.2) is 0 Å². The third-order valence-corrected chi connectivity index (χ3v) is 1.90. The molecule has 0 aliphatic heterocycles. The fourth-order valence-electron chi connectivity index (χ4n) is 1.23. The molecule has 0 heterocycles. The van der Waals surface area contributed by atoms with E-state index >= 15 is 0 Å². The summed E-state index contributed by atoms with van der Waals surface area (Å²) >= 11 is 0. The van der Waals surface area contributed by atoms with Gasteiger partial charge in [-0.3, -0.25) is 9.59 Å². The maximum absolute atomic E-state index is 10.5. The van der Waals surface area contributed by atoms with Gasteiger partial charge in [-0.15, -0.1) is 0 Å². The van der Waals surface area contributed by atoms with Crippen LogP contribution in [0, 0.1) is 0 Å². The van der Waals surface area contributed by atoms with Crippen LogP contribution in [0.2, 0.25) is 0 Å². The van der Waals surface area contributed by atoms with Gasteiger partial charge in [0, 0.05) is 0 Å². The third-order valence-electron chi connectivity index (χ3n) is 1.90. The van der Waals surface area contributed by atoms with Crippen molar-refractivity contribution in [3.8, 4) is 0 Å². The number of aliphatic hydroxyl groups excluding tert-OH is 2. The summed E-state index contributed by atoms with van der Waals surface area (Å²) in [5.41, 5.74) is 1.12. The van der Waals surface area contributed by atoms with Crippen molar-refractivity contribution in [3.63, 3.8) is 0 Å². The molecule has 0 atom stereocenters. The molecule has 100 valence electrons. The lowest BCUT2D eigenvalue weighted by molar-refractivity contribution is -0.137. The zero-order chi connectivity index (χ0) is 14.0. The highest BCUT2D eigenvalue weighted by atomic mass is 16.4. The lowest BCUT2D eigenvalue weighted by atomic mass is 10.0. The van der Waals surface area contributed by atoms with E-state index in [2.05, 4.69) is 0 Å². The van der Waals surface area contributed by atoms with E-state index < -0.39 is 11.9 Å². The van der Waals surface area contributed by atoms with Crippen molar-refractivity contribution >= 4 is 11.9 Å². The van der Waals surface area contributed by atoms with Crippen molar-refractivity contribution in [1.29, 1.82) is 0 Å². The molecule has 0 unspecified atom stereocenters. The summed E-state index contributed by atoms with van der Waals surface area (Å²) in [4.78, 5) is 20.9. The first kappa shape index (κ1) is 16.1. The van der Waals surface area contributed by atoms with Crippen LogP contribution < -0.4 is 0 Å². The normalized spacial score (nSPS) is 9.22. The summed E-state index contributed by atoms with van der Waals surface area (Å²) in [6.45, 7) is -0.250. The molecule has 18 heavy (non-hydrogen) atoms. The fraction of sp³-hybridized carbons (Fsp3) is 0.333. The number of carboxylic acids is 2. The van der Waals surface area contributed by atoms with Gasteiger partial charge in [0.2, 0.25) is 0 Å². The highest BCUT2D eigenvalue weighted by molar-refractivity contribution is 5.74. The van der Waals surface area contributed by atoms with Gasteiger partial charge in [-0.05, 0) is 11.1 Å². The van der Waals surface area contributed by atoms with Gasteiger partial charge in [-0.25, -0.2) is 0 Å². The molecule has 0 amide bonds. The molecule has 4 N–H and O–H groups in total. The van der Waals surface area contributed by atoms with E-state index in [0.717, 1.165) is 0 Å². The second kappa shape index (κ2) is 9.15. The molecule has 0 aliphatic rings. The summed E-state index contributed by atoms with van der Waals surface area (Å²) in [5.74, 6) is -1.91. The van der Waals surface area contributed by atoms with Crippen LogP contribution in [0.4, 0.5) is 0 Å². The van der Waals surface area contributed by atoms with E-state index in [1.54, 1.807) is 24.3 Å². The molecule has 0 aromatic heterocycles. The number of hydrogen-bond donors (Lipinski definition) is 4. The third kappa shape index (κ3) is 7.37. The molecule has 0 spiro atoms. The molecule has 1 rings (SSSR count). The van der Waals surface area contributed by atoms with Crippen molar-refractivity contribution in [3.05, 3.63) is 35.4 Å². The second-order valence-corrected chi connectivity index (χ2v) is 3.36. The van der Waals surface area contributed by atoms with Crippen LogP contribution in [0.1, 0.15) is 11.1 Å². The Morgan fingerprint density at radius 2 is 1.17 bits per heavy atom. The lowest BCUT2D eigenvalue weighted by Gasteiger charge is -2.04. The van der Waals surface area contributed by atoms with Gasteiger partial charge in [0.25, 0.3) is 0 Å². The standard InChI is InChI=1S/C10H10O4.C2H6O2/c11-9(12)5-7-3-1-2-4-8(7)6-10(13)14;3-1-2-4/h1-4H,5-6H2,(H,11,12)(H,13,14);3-4H,1-2H2. The molecule has 1 aromatic rings. The molecule has 6 heteroatoms. The van der Waals surface area contributed by atoms with E-state index in [-0.39, 0.29) is 26.1 Å². The van der Waals surface area contributed by atoms with E-state index in [0.29, 0.717) is 11.1 Å². The van der Waals surface area contributed by atoms with Crippen LogP contribution in [-0.2, 0) is 22.4 Å². The van der Waals surface area contributed by atoms with Gasteiger partial charge < -0.3 is 20.4 Å². The first-order valence-corrected chi connectivity index (χ1v) is 5.23. The topological polar surface area (TPSA) is 115 Å². The quantitative estimate of drug-likeness (QED) is 0.585. The van der Waals surface area contributed by atoms with E-state index in [4.69, 9.17) is 20.4 Å². The average molecular weight is 256 g/mol. The Bertz CT molecular complexity index is 351. The minimum absolute atomic E-state index is 0.125. The molecular weight excluding hydrogens is 240 g/mol. The van der Waals surface area contributed by atoms with Crippen molar-refractivity contribution in [2.75, 3.05) is 13.2 Å². The SMILES string of the molecule is O=C(O)Cc1ccccc1CC(=O)O.OCCO. The average Bonchev–Trinajstić information content (AvgIpc) is 2.31. The number of hydrogen-bond acceptors (Lipinski definition) is 4. The maximum Gasteiger partial charge on any atom is 0.307 e. The summed E-state index contributed by atoms with van der Waals surface area (Å²) in [7, 11) is 0. The number of rotatable bonds is 5. The molecule has 0 saturated heterocycles. The number of aliphatic carboxylic acids is 2. The predicted octanol–water partition coefficient (Wildman–Crippen LogP) is -0.0882. The summed E-state index contributed by atoms with van der Waals surface area (Å²) in [5, 5.41) is 32.4. The zero-order valence-corrected chi connectivity index (χ0v) is 9.74. The molecule has 0 saturated carbocycles. The smallest absolute Gasteiger partial charge is 0.307 e. The fourth-order valence-corrected chi connectivity index (χ4v) is 1.23. The van der Waals surface area contributed by atoms with Crippen molar-refractivity contribution in [1.82, 2.24) is 0 Å². The highest BCUT2D eigenvalue weighted by Gasteiger charge is 2.08. The van der Waals surface area contributed by atoms with Crippen molar-refractivity contribution in [2.24, 2.45) is 0 Å². The Morgan fingerprint density at radius 1 is 0.833 bits per heavy atom. The number of aliphatic hydroxyl groups is 2. The molecule has 1 aromatic carbocycles. The Hall–Kier alpha value is -1.92. The monoisotopic (exact) mass is 256 g/mol. The number of carbonyl (C=O) groups is 2. The summed E-state index contributed by atoms with van der Waals surface area (Å²) in [6, 6.07) is 6.66.